The lowest BCUT2D eigenvalue weighted by atomic mass is 9.81. The van der Waals surface area contributed by atoms with Crippen LogP contribution >= 0.6 is 15.9 Å². The highest BCUT2D eigenvalue weighted by Gasteiger charge is 2.27. The number of hydrogen-bond donors (Lipinski definition) is 0. The Morgan fingerprint density at radius 2 is 1.90 bits per heavy atom. The van der Waals surface area contributed by atoms with Gasteiger partial charge in [0.1, 0.15) is 11.6 Å². The molecule has 2 nitrogen and oxygen atoms in total. The van der Waals surface area contributed by atoms with E-state index in [1.807, 2.05) is 0 Å². The summed E-state index contributed by atoms with van der Waals surface area (Å²) in [5.41, 5.74) is -0.757. The molecule has 0 atom stereocenters. The SMILES string of the molecule is CCOC(=O)/C=C/CC(C)(C)c1c(F)cc(Br)cc1F. The number of carbonyl (C=O) groups excluding carboxylic acids is 1. The van der Waals surface area contributed by atoms with E-state index in [0.29, 0.717) is 17.5 Å². The first-order valence-corrected chi connectivity index (χ1v) is 7.05. The zero-order valence-electron chi connectivity index (χ0n) is 11.7. The highest BCUT2D eigenvalue weighted by Crippen LogP contribution is 2.33. The van der Waals surface area contributed by atoms with E-state index in [1.165, 1.54) is 18.2 Å². The summed E-state index contributed by atoms with van der Waals surface area (Å²) in [6.45, 7) is 5.45. The van der Waals surface area contributed by atoms with Crippen LogP contribution in [0.5, 0.6) is 0 Å². The molecule has 0 N–H and O–H groups in total. The second-order valence-electron chi connectivity index (χ2n) is 4.99. The van der Waals surface area contributed by atoms with Gasteiger partial charge in [-0.15, -0.1) is 0 Å². The molecule has 0 spiro atoms. The Morgan fingerprint density at radius 1 is 1.35 bits per heavy atom. The summed E-state index contributed by atoms with van der Waals surface area (Å²) in [6, 6.07) is 2.46. The zero-order valence-corrected chi connectivity index (χ0v) is 13.3. The number of allylic oxidation sites excluding steroid dienone is 1. The van der Waals surface area contributed by atoms with Gasteiger partial charge in [-0.3, -0.25) is 0 Å². The van der Waals surface area contributed by atoms with Crippen molar-refractivity contribution >= 4 is 21.9 Å². The van der Waals surface area contributed by atoms with Crippen molar-refractivity contribution in [1.29, 1.82) is 0 Å². The molecule has 5 heteroatoms. The third-order valence-corrected chi connectivity index (χ3v) is 3.31. The molecule has 0 bridgehead atoms. The molecule has 0 aliphatic heterocycles. The number of rotatable bonds is 5. The Morgan fingerprint density at radius 3 is 2.40 bits per heavy atom. The van der Waals surface area contributed by atoms with Crippen LogP contribution in [0.3, 0.4) is 0 Å². The minimum Gasteiger partial charge on any atom is -0.463 e. The lowest BCUT2D eigenvalue weighted by molar-refractivity contribution is -0.137. The Bertz CT molecular complexity index is 502. The molecule has 1 aromatic carbocycles. The van der Waals surface area contributed by atoms with Crippen molar-refractivity contribution in [3.8, 4) is 0 Å². The Hall–Kier alpha value is -1.23. The second-order valence-corrected chi connectivity index (χ2v) is 5.90. The van der Waals surface area contributed by atoms with Gasteiger partial charge in [-0.2, -0.15) is 0 Å². The second kappa shape index (κ2) is 6.97. The van der Waals surface area contributed by atoms with Gasteiger partial charge in [0.2, 0.25) is 0 Å². The summed E-state index contributed by atoms with van der Waals surface area (Å²) in [7, 11) is 0. The summed E-state index contributed by atoms with van der Waals surface area (Å²) < 4.78 is 33.0. The average molecular weight is 347 g/mol. The van der Waals surface area contributed by atoms with Crippen molar-refractivity contribution in [1.82, 2.24) is 0 Å². The monoisotopic (exact) mass is 346 g/mol. The molecule has 0 radical (unpaired) electrons. The van der Waals surface area contributed by atoms with Crippen LogP contribution in [0.1, 0.15) is 32.8 Å². The topological polar surface area (TPSA) is 26.3 Å². The Labute approximate surface area is 125 Å². The maximum atomic E-state index is 13.9. The summed E-state index contributed by atoms with van der Waals surface area (Å²) in [4.78, 5) is 11.2. The van der Waals surface area contributed by atoms with Crippen LogP contribution in [-0.4, -0.2) is 12.6 Å². The van der Waals surface area contributed by atoms with Crippen LogP contribution in [0.4, 0.5) is 8.78 Å². The number of esters is 1. The molecule has 0 aromatic heterocycles. The fourth-order valence-corrected chi connectivity index (χ4v) is 2.33. The van der Waals surface area contributed by atoms with Gasteiger partial charge >= 0.3 is 5.97 Å². The minimum atomic E-state index is -0.766. The molecule has 0 aliphatic rings. The standard InChI is InChI=1S/C15H17BrF2O2/c1-4-20-13(19)6-5-7-15(2,3)14-11(17)8-10(16)9-12(14)18/h5-6,8-9H,4,7H2,1-3H3/b6-5+. The van der Waals surface area contributed by atoms with E-state index in [1.54, 1.807) is 26.8 Å². The predicted molar refractivity (Wildman–Crippen MR) is 77.5 cm³/mol. The van der Waals surface area contributed by atoms with Crippen LogP contribution in [0.25, 0.3) is 0 Å². The normalized spacial score (nSPS) is 11.9. The molecule has 0 saturated carbocycles. The quantitative estimate of drug-likeness (QED) is 0.579. The molecule has 0 fully saturated rings. The van der Waals surface area contributed by atoms with Gasteiger partial charge in [0.25, 0.3) is 0 Å². The third-order valence-electron chi connectivity index (χ3n) is 2.85. The van der Waals surface area contributed by atoms with Crippen molar-refractivity contribution in [2.45, 2.75) is 32.6 Å². The summed E-state index contributed by atoms with van der Waals surface area (Å²) in [5.74, 6) is -1.67. The number of carbonyl (C=O) groups is 1. The van der Waals surface area contributed by atoms with E-state index < -0.39 is 23.0 Å². The molecular formula is C15H17BrF2O2. The smallest absolute Gasteiger partial charge is 0.330 e. The molecule has 0 heterocycles. The van der Waals surface area contributed by atoms with Crippen molar-refractivity contribution in [3.63, 3.8) is 0 Å². The molecule has 110 valence electrons. The van der Waals surface area contributed by atoms with Gasteiger partial charge in [-0.1, -0.05) is 35.9 Å². The molecule has 0 aliphatic carbocycles. The minimum absolute atomic E-state index is 0.00853. The highest BCUT2D eigenvalue weighted by molar-refractivity contribution is 9.10. The zero-order chi connectivity index (χ0) is 15.3. The van der Waals surface area contributed by atoms with Gasteiger partial charge in [-0.05, 0) is 30.9 Å². The predicted octanol–water partition coefficient (Wildman–Crippen LogP) is 4.51. The van der Waals surface area contributed by atoms with Gasteiger partial charge in [0.05, 0.1) is 6.61 Å². The van der Waals surface area contributed by atoms with Gasteiger partial charge in [-0.25, -0.2) is 13.6 Å². The van der Waals surface area contributed by atoms with Crippen molar-refractivity contribution in [3.05, 3.63) is 46.0 Å². The maximum absolute atomic E-state index is 13.9. The van der Waals surface area contributed by atoms with Crippen LogP contribution in [0, 0.1) is 11.6 Å². The van der Waals surface area contributed by atoms with Crippen LogP contribution in [-0.2, 0) is 14.9 Å². The van der Waals surface area contributed by atoms with E-state index in [-0.39, 0.29) is 5.56 Å². The van der Waals surface area contributed by atoms with E-state index in [0.717, 1.165) is 0 Å². The van der Waals surface area contributed by atoms with Gasteiger partial charge in [0.15, 0.2) is 0 Å². The molecule has 20 heavy (non-hydrogen) atoms. The van der Waals surface area contributed by atoms with E-state index in [9.17, 15) is 13.6 Å². The maximum Gasteiger partial charge on any atom is 0.330 e. The van der Waals surface area contributed by atoms with Crippen molar-refractivity contribution < 1.29 is 18.3 Å². The number of hydrogen-bond acceptors (Lipinski definition) is 2. The van der Waals surface area contributed by atoms with Crippen molar-refractivity contribution in [2.24, 2.45) is 0 Å². The van der Waals surface area contributed by atoms with Gasteiger partial charge < -0.3 is 4.74 Å². The fraction of sp³-hybridized carbons (Fsp3) is 0.400. The summed E-state index contributed by atoms with van der Waals surface area (Å²) in [5, 5.41) is 0. The average Bonchev–Trinajstić information content (AvgIpc) is 2.26. The van der Waals surface area contributed by atoms with Crippen molar-refractivity contribution in [2.75, 3.05) is 6.61 Å². The first kappa shape index (κ1) is 16.8. The highest BCUT2D eigenvalue weighted by atomic mass is 79.9. The van der Waals surface area contributed by atoms with Gasteiger partial charge in [0, 0.05) is 16.1 Å². The number of benzene rings is 1. The fourth-order valence-electron chi connectivity index (χ4n) is 1.93. The molecule has 0 amide bonds. The Balaban J connectivity index is 2.92. The number of ether oxygens (including phenoxy) is 1. The first-order chi connectivity index (χ1) is 9.27. The molecule has 0 saturated heterocycles. The van der Waals surface area contributed by atoms with Crippen LogP contribution in [0.2, 0.25) is 0 Å². The summed E-state index contributed by atoms with van der Waals surface area (Å²) >= 11 is 3.05. The van der Waals surface area contributed by atoms with Crippen LogP contribution in [0.15, 0.2) is 28.8 Å². The van der Waals surface area contributed by atoms with E-state index in [2.05, 4.69) is 15.9 Å². The van der Waals surface area contributed by atoms with E-state index in [4.69, 9.17) is 4.74 Å². The lowest BCUT2D eigenvalue weighted by Gasteiger charge is -2.25. The first-order valence-electron chi connectivity index (χ1n) is 6.26. The molecule has 1 aromatic rings. The molecular weight excluding hydrogens is 330 g/mol. The largest absolute Gasteiger partial charge is 0.463 e. The summed E-state index contributed by atoms with van der Waals surface area (Å²) in [6.07, 6.45) is 3.17. The van der Waals surface area contributed by atoms with E-state index >= 15 is 0 Å². The lowest BCUT2D eigenvalue weighted by Crippen LogP contribution is -2.20. The number of halogens is 3. The Kier molecular flexibility index (Phi) is 5.87. The van der Waals surface area contributed by atoms with Crippen LogP contribution < -0.4 is 0 Å². The molecule has 1 rings (SSSR count). The third kappa shape index (κ3) is 4.40. The molecule has 0 unspecified atom stereocenters.